The van der Waals surface area contributed by atoms with Gasteiger partial charge in [0.05, 0.1) is 11.3 Å². The third-order valence-corrected chi connectivity index (χ3v) is 7.32. The Balaban J connectivity index is 1.78. The highest BCUT2D eigenvalue weighted by atomic mass is 28.3. The van der Waals surface area contributed by atoms with E-state index < -0.39 is 8.07 Å². The molecule has 0 saturated heterocycles. The number of rotatable bonds is 8. The summed E-state index contributed by atoms with van der Waals surface area (Å²) in [4.78, 5) is 16.1. The normalized spacial score (nSPS) is 20.7. The molecule has 2 aromatic rings. The number of aldehydes is 1. The van der Waals surface area contributed by atoms with Crippen LogP contribution in [0.25, 0.3) is 11.0 Å². The molecule has 2 heterocycles. The number of carbonyl (C=O) groups is 1. The van der Waals surface area contributed by atoms with Crippen molar-refractivity contribution in [2.75, 3.05) is 11.9 Å². The molecule has 1 fully saturated rings. The van der Waals surface area contributed by atoms with Crippen molar-refractivity contribution in [1.82, 2.24) is 9.55 Å². The summed E-state index contributed by atoms with van der Waals surface area (Å²) in [6.07, 6.45) is 9.55. The molecule has 5 nitrogen and oxygen atoms in total. The summed E-state index contributed by atoms with van der Waals surface area (Å²) < 4.78 is 7.92. The Morgan fingerprint density at radius 3 is 2.81 bits per heavy atom. The average Bonchev–Trinajstić information content (AvgIpc) is 3.03. The van der Waals surface area contributed by atoms with Gasteiger partial charge in [0.1, 0.15) is 12.4 Å². The Morgan fingerprint density at radius 1 is 1.33 bits per heavy atom. The minimum atomic E-state index is -1.08. The summed E-state index contributed by atoms with van der Waals surface area (Å²) in [5.41, 5.74) is 2.44. The molecule has 1 aliphatic rings. The van der Waals surface area contributed by atoms with Gasteiger partial charge in [0.2, 0.25) is 0 Å². The van der Waals surface area contributed by atoms with Crippen molar-refractivity contribution in [2.24, 2.45) is 5.92 Å². The minimum absolute atomic E-state index is 0.416. The Labute approximate surface area is 163 Å². The van der Waals surface area contributed by atoms with Crippen LogP contribution >= 0.6 is 0 Å². The molecule has 2 aromatic heterocycles. The predicted octanol–water partition coefficient (Wildman–Crippen LogP) is 5.15. The smallest absolute Gasteiger partial charge is 0.153 e. The van der Waals surface area contributed by atoms with Gasteiger partial charge < -0.3 is 14.6 Å². The van der Waals surface area contributed by atoms with Crippen molar-refractivity contribution < 1.29 is 9.53 Å². The molecular weight excluding hydrogens is 354 g/mol. The van der Waals surface area contributed by atoms with Crippen LogP contribution in [0.1, 0.15) is 43.0 Å². The number of anilines is 1. The fraction of sp³-hybridized carbons (Fsp3) is 0.619. The maximum absolute atomic E-state index is 11.6. The van der Waals surface area contributed by atoms with Crippen molar-refractivity contribution in [1.29, 1.82) is 0 Å². The first-order valence-corrected chi connectivity index (χ1v) is 13.9. The van der Waals surface area contributed by atoms with Crippen LogP contribution < -0.4 is 5.32 Å². The van der Waals surface area contributed by atoms with Gasteiger partial charge >= 0.3 is 0 Å². The Hall–Kier alpha value is -1.66. The molecule has 0 aliphatic heterocycles. The second-order valence-corrected chi connectivity index (χ2v) is 14.7. The van der Waals surface area contributed by atoms with Crippen molar-refractivity contribution in [3.63, 3.8) is 0 Å². The largest absolute Gasteiger partial charge is 0.381 e. The molecule has 0 aromatic carbocycles. The zero-order valence-electron chi connectivity index (χ0n) is 17.1. The molecule has 148 valence electrons. The number of hydrogen-bond donors (Lipinski definition) is 1. The summed E-state index contributed by atoms with van der Waals surface area (Å²) in [6.45, 7) is 10.6. The van der Waals surface area contributed by atoms with Gasteiger partial charge in [-0.25, -0.2) is 4.98 Å². The number of carbonyl (C=O) groups excluding carboxylic acids is 1. The van der Waals surface area contributed by atoms with Gasteiger partial charge in [0.25, 0.3) is 0 Å². The lowest BCUT2D eigenvalue weighted by molar-refractivity contribution is 0.0899. The van der Waals surface area contributed by atoms with E-state index >= 15 is 0 Å². The maximum atomic E-state index is 11.6. The average molecular weight is 388 g/mol. The van der Waals surface area contributed by atoms with Crippen LogP contribution in [0.5, 0.6) is 0 Å². The highest BCUT2D eigenvalue weighted by molar-refractivity contribution is 6.76. The van der Waals surface area contributed by atoms with Gasteiger partial charge in [-0.2, -0.15) is 0 Å². The van der Waals surface area contributed by atoms with Gasteiger partial charge in [0.15, 0.2) is 6.29 Å². The van der Waals surface area contributed by atoms with E-state index in [1.807, 2.05) is 16.8 Å². The van der Waals surface area contributed by atoms with Gasteiger partial charge in [-0.1, -0.05) is 39.4 Å². The van der Waals surface area contributed by atoms with Crippen LogP contribution in [0.15, 0.2) is 18.5 Å². The quantitative estimate of drug-likeness (QED) is 0.386. The third kappa shape index (κ3) is 4.99. The molecule has 1 aliphatic carbocycles. The molecule has 1 saturated carbocycles. The predicted molar refractivity (Wildman–Crippen MR) is 114 cm³/mol. The van der Waals surface area contributed by atoms with Crippen LogP contribution in [0.3, 0.4) is 0 Å². The number of pyridine rings is 1. The zero-order chi connectivity index (χ0) is 19.4. The van der Waals surface area contributed by atoms with Crippen LogP contribution in [0, 0.1) is 5.92 Å². The SMILES string of the molecule is C[C@@H]1CCCC[C@@H]1Nc1c(C=O)cnc2c1ccn2COCC[Si](C)(C)C. The summed E-state index contributed by atoms with van der Waals surface area (Å²) in [6, 6.07) is 3.62. The van der Waals surface area contributed by atoms with Crippen LogP contribution in [0.4, 0.5) is 5.69 Å². The van der Waals surface area contributed by atoms with E-state index in [4.69, 9.17) is 4.74 Å². The van der Waals surface area contributed by atoms with E-state index in [-0.39, 0.29) is 0 Å². The Bertz CT molecular complexity index is 782. The fourth-order valence-corrected chi connectivity index (χ4v) is 4.52. The summed E-state index contributed by atoms with van der Waals surface area (Å²) >= 11 is 0. The summed E-state index contributed by atoms with van der Waals surface area (Å²) in [5.74, 6) is 0.619. The standard InChI is InChI=1S/C21H33N3O2Si/c1-16-7-5-6-8-19(16)23-20-17(14-25)13-22-21-18(20)9-10-24(21)15-26-11-12-27(2,3)4/h9-10,13-14,16,19H,5-8,11-12,15H2,1-4H3,(H,22,23)/t16-,19+/m1/s1. The van der Waals surface area contributed by atoms with Crippen molar-refractivity contribution in [2.45, 2.75) is 71.1 Å². The number of nitrogens with zero attached hydrogens (tertiary/aromatic N) is 2. The third-order valence-electron chi connectivity index (χ3n) is 5.61. The first-order chi connectivity index (χ1) is 12.9. The topological polar surface area (TPSA) is 56.2 Å². The lowest BCUT2D eigenvalue weighted by atomic mass is 9.85. The number of aromatic nitrogens is 2. The number of hydrogen-bond acceptors (Lipinski definition) is 4. The molecular formula is C21H33N3O2Si. The number of fused-ring (bicyclic) bond motifs is 1. The van der Waals surface area contributed by atoms with Crippen molar-refractivity contribution in [3.05, 3.63) is 24.0 Å². The summed E-state index contributed by atoms with van der Waals surface area (Å²) in [5, 5.41) is 4.68. The lowest BCUT2D eigenvalue weighted by Crippen LogP contribution is -2.30. The van der Waals surface area contributed by atoms with Gasteiger partial charge in [-0.15, -0.1) is 0 Å². The highest BCUT2D eigenvalue weighted by Crippen LogP contribution is 2.32. The molecule has 0 amide bonds. The van der Waals surface area contributed by atoms with E-state index in [2.05, 4.69) is 36.9 Å². The molecule has 0 radical (unpaired) electrons. The molecule has 2 atom stereocenters. The van der Waals surface area contributed by atoms with E-state index in [1.165, 1.54) is 19.3 Å². The number of ether oxygens (including phenoxy) is 1. The Kier molecular flexibility index (Phi) is 6.37. The lowest BCUT2D eigenvalue weighted by Gasteiger charge is -2.31. The van der Waals surface area contributed by atoms with Gasteiger partial charge in [-0.3, -0.25) is 4.79 Å². The van der Waals surface area contributed by atoms with E-state index in [0.29, 0.717) is 24.3 Å². The monoisotopic (exact) mass is 387 g/mol. The van der Waals surface area contributed by atoms with Crippen molar-refractivity contribution in [3.8, 4) is 0 Å². The van der Waals surface area contributed by atoms with E-state index in [9.17, 15) is 4.79 Å². The highest BCUT2D eigenvalue weighted by Gasteiger charge is 2.23. The second kappa shape index (κ2) is 8.57. The molecule has 6 heteroatoms. The molecule has 0 spiro atoms. The molecule has 3 rings (SSSR count). The maximum Gasteiger partial charge on any atom is 0.153 e. The molecule has 1 N–H and O–H groups in total. The molecule has 0 bridgehead atoms. The van der Waals surface area contributed by atoms with Gasteiger partial charge in [0, 0.05) is 38.5 Å². The molecule has 0 unspecified atom stereocenters. The van der Waals surface area contributed by atoms with Crippen molar-refractivity contribution >= 4 is 31.1 Å². The first-order valence-electron chi connectivity index (χ1n) is 10.2. The van der Waals surface area contributed by atoms with E-state index in [0.717, 1.165) is 42.1 Å². The minimum Gasteiger partial charge on any atom is -0.381 e. The van der Waals surface area contributed by atoms with Crippen LogP contribution in [-0.4, -0.2) is 36.6 Å². The van der Waals surface area contributed by atoms with Gasteiger partial charge in [-0.05, 0) is 30.9 Å². The number of nitrogens with one attached hydrogen (secondary N) is 1. The Morgan fingerprint density at radius 2 is 2.11 bits per heavy atom. The fourth-order valence-electron chi connectivity index (χ4n) is 3.77. The second-order valence-electron chi connectivity index (χ2n) is 9.09. The van der Waals surface area contributed by atoms with Crippen LogP contribution in [0.2, 0.25) is 25.7 Å². The van der Waals surface area contributed by atoms with Crippen LogP contribution in [-0.2, 0) is 11.5 Å². The zero-order valence-corrected chi connectivity index (χ0v) is 18.1. The molecule has 27 heavy (non-hydrogen) atoms. The summed E-state index contributed by atoms with van der Waals surface area (Å²) in [7, 11) is -1.08. The first kappa shape index (κ1) is 20.1. The van der Waals surface area contributed by atoms with E-state index in [1.54, 1.807) is 6.20 Å².